The monoisotopic (exact) mass is 278 g/mol. The standard InChI is InChI=1S/C15H16F2N2O/c1-10-6-13(9-18-8-10)19-11(2)12-4-3-5-14(7-12)20-15(16)17/h3-9,11,15,19H,1-2H3. The van der Waals surface area contributed by atoms with E-state index in [1.165, 1.54) is 6.07 Å². The molecular weight excluding hydrogens is 262 g/mol. The molecule has 1 heterocycles. The van der Waals surface area contributed by atoms with Gasteiger partial charge in [0.1, 0.15) is 5.75 Å². The van der Waals surface area contributed by atoms with E-state index in [0.29, 0.717) is 0 Å². The van der Waals surface area contributed by atoms with Crippen molar-refractivity contribution in [2.75, 3.05) is 5.32 Å². The second-order valence-corrected chi connectivity index (χ2v) is 4.57. The van der Waals surface area contributed by atoms with Crippen LogP contribution in [-0.2, 0) is 0 Å². The van der Waals surface area contributed by atoms with Crippen LogP contribution in [0.15, 0.2) is 42.7 Å². The number of nitrogens with zero attached hydrogens (tertiary/aromatic N) is 1. The zero-order valence-corrected chi connectivity index (χ0v) is 11.3. The van der Waals surface area contributed by atoms with Gasteiger partial charge in [0, 0.05) is 18.4 Å². The summed E-state index contributed by atoms with van der Waals surface area (Å²) in [6, 6.07) is 8.60. The first-order chi connectivity index (χ1) is 9.54. The van der Waals surface area contributed by atoms with Gasteiger partial charge >= 0.3 is 6.61 Å². The number of hydrogen-bond acceptors (Lipinski definition) is 3. The van der Waals surface area contributed by atoms with E-state index in [2.05, 4.69) is 15.0 Å². The molecule has 0 aliphatic rings. The minimum absolute atomic E-state index is 0.0418. The third kappa shape index (κ3) is 3.91. The van der Waals surface area contributed by atoms with Crippen LogP contribution in [0.2, 0.25) is 0 Å². The molecule has 3 nitrogen and oxygen atoms in total. The highest BCUT2D eigenvalue weighted by Crippen LogP contribution is 2.23. The first kappa shape index (κ1) is 14.2. The van der Waals surface area contributed by atoms with E-state index < -0.39 is 6.61 Å². The number of aromatic nitrogens is 1. The van der Waals surface area contributed by atoms with Gasteiger partial charge in [0.15, 0.2) is 0 Å². The van der Waals surface area contributed by atoms with Gasteiger partial charge in [0.05, 0.1) is 5.69 Å². The van der Waals surface area contributed by atoms with E-state index in [1.54, 1.807) is 24.5 Å². The maximum Gasteiger partial charge on any atom is 0.387 e. The predicted molar refractivity (Wildman–Crippen MR) is 74.1 cm³/mol. The normalized spacial score (nSPS) is 12.2. The van der Waals surface area contributed by atoms with E-state index >= 15 is 0 Å². The van der Waals surface area contributed by atoms with Gasteiger partial charge in [-0.3, -0.25) is 4.98 Å². The number of alkyl halides is 2. The Balaban J connectivity index is 2.10. The summed E-state index contributed by atoms with van der Waals surface area (Å²) in [6.45, 7) is 1.10. The Bertz CT molecular complexity index is 575. The summed E-state index contributed by atoms with van der Waals surface area (Å²) in [6.07, 6.45) is 3.50. The molecule has 1 aromatic carbocycles. The lowest BCUT2D eigenvalue weighted by Crippen LogP contribution is -2.08. The molecule has 0 saturated carbocycles. The van der Waals surface area contributed by atoms with Crippen LogP contribution in [0.25, 0.3) is 0 Å². The zero-order chi connectivity index (χ0) is 14.5. The number of benzene rings is 1. The van der Waals surface area contributed by atoms with Gasteiger partial charge in [-0.05, 0) is 43.2 Å². The molecule has 0 spiro atoms. The second kappa shape index (κ2) is 6.32. The van der Waals surface area contributed by atoms with E-state index in [4.69, 9.17) is 0 Å². The molecule has 0 radical (unpaired) electrons. The molecule has 0 fully saturated rings. The third-order valence-electron chi connectivity index (χ3n) is 2.84. The van der Waals surface area contributed by atoms with Crippen LogP contribution in [0.3, 0.4) is 0 Å². The quantitative estimate of drug-likeness (QED) is 0.891. The van der Waals surface area contributed by atoms with Crippen molar-refractivity contribution < 1.29 is 13.5 Å². The summed E-state index contributed by atoms with van der Waals surface area (Å²) in [5.41, 5.74) is 2.80. The number of pyridine rings is 1. The van der Waals surface area contributed by atoms with Crippen molar-refractivity contribution in [1.82, 2.24) is 4.98 Å². The van der Waals surface area contributed by atoms with E-state index in [0.717, 1.165) is 16.8 Å². The molecule has 0 saturated heterocycles. The molecule has 1 unspecified atom stereocenters. The van der Waals surface area contributed by atoms with E-state index in [1.807, 2.05) is 26.0 Å². The Morgan fingerprint density at radius 1 is 1.20 bits per heavy atom. The average molecular weight is 278 g/mol. The Hall–Kier alpha value is -2.17. The lowest BCUT2D eigenvalue weighted by Gasteiger charge is -2.16. The van der Waals surface area contributed by atoms with Crippen molar-refractivity contribution in [2.45, 2.75) is 26.5 Å². The van der Waals surface area contributed by atoms with Crippen LogP contribution >= 0.6 is 0 Å². The van der Waals surface area contributed by atoms with Crippen molar-refractivity contribution in [1.29, 1.82) is 0 Å². The van der Waals surface area contributed by atoms with Crippen LogP contribution < -0.4 is 10.1 Å². The number of anilines is 1. The molecule has 5 heteroatoms. The first-order valence-electron chi connectivity index (χ1n) is 6.27. The SMILES string of the molecule is Cc1cncc(NC(C)c2cccc(OC(F)F)c2)c1. The van der Waals surface area contributed by atoms with Crippen LogP contribution in [-0.4, -0.2) is 11.6 Å². The summed E-state index contributed by atoms with van der Waals surface area (Å²) >= 11 is 0. The molecule has 106 valence electrons. The average Bonchev–Trinajstić information content (AvgIpc) is 2.38. The van der Waals surface area contributed by atoms with Gasteiger partial charge in [-0.25, -0.2) is 0 Å². The minimum atomic E-state index is -2.81. The second-order valence-electron chi connectivity index (χ2n) is 4.57. The van der Waals surface area contributed by atoms with Gasteiger partial charge in [-0.2, -0.15) is 8.78 Å². The smallest absolute Gasteiger partial charge is 0.387 e. The highest BCUT2D eigenvalue weighted by molar-refractivity contribution is 5.45. The summed E-state index contributed by atoms with van der Waals surface area (Å²) in [5, 5.41) is 3.27. The maximum absolute atomic E-state index is 12.2. The van der Waals surface area contributed by atoms with Gasteiger partial charge < -0.3 is 10.1 Å². The van der Waals surface area contributed by atoms with Crippen LogP contribution in [0.4, 0.5) is 14.5 Å². The number of aryl methyl sites for hydroxylation is 1. The van der Waals surface area contributed by atoms with Crippen LogP contribution in [0.5, 0.6) is 5.75 Å². The Labute approximate surface area is 116 Å². The maximum atomic E-state index is 12.2. The molecule has 1 aromatic heterocycles. The summed E-state index contributed by atoms with van der Waals surface area (Å²) in [4.78, 5) is 4.10. The lowest BCUT2D eigenvalue weighted by molar-refractivity contribution is -0.0498. The molecule has 0 aliphatic carbocycles. The summed E-state index contributed by atoms with van der Waals surface area (Å²) in [7, 11) is 0. The fourth-order valence-electron chi connectivity index (χ4n) is 1.93. The molecule has 1 atom stereocenters. The first-order valence-corrected chi connectivity index (χ1v) is 6.27. The Morgan fingerprint density at radius 2 is 2.00 bits per heavy atom. The van der Waals surface area contributed by atoms with Crippen molar-refractivity contribution >= 4 is 5.69 Å². The van der Waals surface area contributed by atoms with Crippen molar-refractivity contribution in [3.63, 3.8) is 0 Å². The summed E-state index contributed by atoms with van der Waals surface area (Å²) in [5.74, 6) is 0.161. The van der Waals surface area contributed by atoms with Crippen LogP contribution in [0.1, 0.15) is 24.1 Å². The topological polar surface area (TPSA) is 34.2 Å². The van der Waals surface area contributed by atoms with Gasteiger partial charge in [-0.15, -0.1) is 0 Å². The lowest BCUT2D eigenvalue weighted by atomic mass is 10.1. The number of halogens is 2. The molecule has 2 rings (SSSR count). The third-order valence-corrected chi connectivity index (χ3v) is 2.84. The minimum Gasteiger partial charge on any atom is -0.435 e. The zero-order valence-electron chi connectivity index (χ0n) is 11.3. The van der Waals surface area contributed by atoms with E-state index in [9.17, 15) is 8.78 Å². The molecular formula is C15H16F2N2O. The molecule has 1 N–H and O–H groups in total. The van der Waals surface area contributed by atoms with Gasteiger partial charge in [-0.1, -0.05) is 12.1 Å². The highest BCUT2D eigenvalue weighted by Gasteiger charge is 2.09. The van der Waals surface area contributed by atoms with Crippen molar-refractivity contribution in [3.8, 4) is 5.75 Å². The Morgan fingerprint density at radius 3 is 2.70 bits per heavy atom. The number of hydrogen-bond donors (Lipinski definition) is 1. The molecule has 0 bridgehead atoms. The van der Waals surface area contributed by atoms with Crippen molar-refractivity contribution in [2.24, 2.45) is 0 Å². The fourth-order valence-corrected chi connectivity index (χ4v) is 1.93. The number of ether oxygens (including phenoxy) is 1. The van der Waals surface area contributed by atoms with Crippen LogP contribution in [0, 0.1) is 6.92 Å². The Kier molecular flexibility index (Phi) is 4.50. The van der Waals surface area contributed by atoms with E-state index in [-0.39, 0.29) is 11.8 Å². The number of nitrogens with one attached hydrogen (secondary N) is 1. The predicted octanol–water partition coefficient (Wildman–Crippen LogP) is 4.16. The summed E-state index contributed by atoms with van der Waals surface area (Å²) < 4.78 is 28.8. The van der Waals surface area contributed by atoms with Crippen molar-refractivity contribution in [3.05, 3.63) is 53.9 Å². The van der Waals surface area contributed by atoms with Gasteiger partial charge in [0.25, 0.3) is 0 Å². The van der Waals surface area contributed by atoms with Gasteiger partial charge in [0.2, 0.25) is 0 Å². The molecule has 2 aromatic rings. The fraction of sp³-hybridized carbons (Fsp3) is 0.267. The molecule has 20 heavy (non-hydrogen) atoms. The largest absolute Gasteiger partial charge is 0.435 e. The molecule has 0 amide bonds. The number of rotatable bonds is 5. The highest BCUT2D eigenvalue weighted by atomic mass is 19.3. The molecule has 0 aliphatic heterocycles.